The summed E-state index contributed by atoms with van der Waals surface area (Å²) in [5, 5.41) is 0. The van der Waals surface area contributed by atoms with E-state index in [0.717, 1.165) is 0 Å². The van der Waals surface area contributed by atoms with Crippen molar-refractivity contribution in [1.29, 1.82) is 0 Å². The first kappa shape index (κ1) is 44.2. The number of hydrogen-bond acceptors (Lipinski definition) is 8. The highest BCUT2D eigenvalue weighted by Gasteiger charge is 2.46. The highest BCUT2D eigenvalue weighted by atomic mass is 15.5. The van der Waals surface area contributed by atoms with Gasteiger partial charge >= 0.3 is 23.8 Å². The number of guanidine groups is 4. The summed E-state index contributed by atoms with van der Waals surface area (Å²) in [4.78, 5) is 20.2. The zero-order valence-corrected chi connectivity index (χ0v) is 39.5. The predicted octanol–water partition coefficient (Wildman–Crippen LogP) is 3.22. The van der Waals surface area contributed by atoms with Crippen molar-refractivity contribution in [1.82, 2.24) is 39.2 Å². The molecule has 0 aliphatic carbocycles. The molecule has 0 bridgehead atoms. The van der Waals surface area contributed by atoms with Crippen LogP contribution in [0.1, 0.15) is 109 Å². The van der Waals surface area contributed by atoms with Crippen molar-refractivity contribution >= 4 is 23.8 Å². The molecule has 4 fully saturated rings. The molecule has 320 valence electrons. The second-order valence-corrected chi connectivity index (χ2v) is 21.5. The lowest BCUT2D eigenvalue weighted by molar-refractivity contribution is -0.516. The molecular weight excluding hydrogens is 697 g/mol. The van der Waals surface area contributed by atoms with Gasteiger partial charge in [-0.1, -0.05) is 0 Å². The minimum absolute atomic E-state index is 0.250. The molecule has 0 saturated carbocycles. The van der Waals surface area contributed by atoms with Crippen LogP contribution in [0.3, 0.4) is 0 Å². The Morgan fingerprint density at radius 2 is 0.536 bits per heavy atom. The molecule has 0 unspecified atom stereocenters. The van der Waals surface area contributed by atoms with E-state index in [1.807, 2.05) is 0 Å². The zero-order valence-electron chi connectivity index (χ0n) is 39.5. The lowest BCUT2D eigenvalue weighted by Gasteiger charge is -2.42. The van der Waals surface area contributed by atoms with E-state index >= 15 is 0 Å². The Bertz CT molecular complexity index is 1500. The molecular formula is C44H88N12+4. The third-order valence-electron chi connectivity index (χ3n) is 12.8. The highest BCUT2D eigenvalue weighted by Crippen LogP contribution is 2.25. The molecule has 8 aliphatic heterocycles. The lowest BCUT2D eigenvalue weighted by atomic mass is 10.0. The summed E-state index contributed by atoms with van der Waals surface area (Å²) in [5.41, 5.74) is 1.03. The summed E-state index contributed by atoms with van der Waals surface area (Å²) < 4.78 is 9.60. The molecule has 12 nitrogen and oxygen atoms in total. The van der Waals surface area contributed by atoms with Crippen LogP contribution in [0, 0.1) is 0 Å². The number of rotatable bonds is 0. The van der Waals surface area contributed by atoms with Gasteiger partial charge in [-0.15, -0.1) is 0 Å². The normalized spacial score (nSPS) is 23.1. The number of nitrogens with zero attached hydrogens (tertiary/aromatic N) is 12. The van der Waals surface area contributed by atoms with Gasteiger partial charge in [0.2, 0.25) is 0 Å². The van der Waals surface area contributed by atoms with Crippen LogP contribution in [0.4, 0.5) is 0 Å². The van der Waals surface area contributed by atoms with Crippen LogP contribution in [0.25, 0.3) is 0 Å². The number of fused-ring (bicyclic) bond motifs is 4. The first-order chi connectivity index (χ1) is 26.0. The van der Waals surface area contributed by atoms with Gasteiger partial charge in [0, 0.05) is 25.7 Å². The van der Waals surface area contributed by atoms with E-state index in [2.05, 4.69) is 169 Å². The van der Waals surface area contributed by atoms with Crippen molar-refractivity contribution in [3.8, 4) is 0 Å². The van der Waals surface area contributed by atoms with Crippen molar-refractivity contribution < 1.29 is 18.3 Å². The minimum Gasteiger partial charge on any atom is -0.267 e. The molecule has 0 aromatic heterocycles. The monoisotopic (exact) mass is 785 g/mol. The van der Waals surface area contributed by atoms with E-state index in [4.69, 9.17) is 0 Å². The Labute approximate surface area is 344 Å². The van der Waals surface area contributed by atoms with Gasteiger partial charge in [0.1, 0.15) is 0 Å². The largest absolute Gasteiger partial charge is 0.351 e. The molecule has 8 aliphatic rings. The Morgan fingerprint density at radius 3 is 0.875 bits per heavy atom. The predicted molar refractivity (Wildman–Crippen MR) is 235 cm³/mol. The fourth-order valence-corrected chi connectivity index (χ4v) is 9.88. The van der Waals surface area contributed by atoms with Crippen molar-refractivity contribution in [2.45, 2.75) is 131 Å². The summed E-state index contributed by atoms with van der Waals surface area (Å²) in [7, 11) is 8.84. The second kappa shape index (κ2) is 17.1. The molecule has 8 heterocycles. The van der Waals surface area contributed by atoms with Crippen molar-refractivity contribution in [3.05, 3.63) is 0 Å². The summed E-state index contributed by atoms with van der Waals surface area (Å²) in [6.45, 7) is 46.9. The van der Waals surface area contributed by atoms with Gasteiger partial charge in [-0.2, -0.15) is 0 Å². The molecule has 0 amide bonds. The van der Waals surface area contributed by atoms with E-state index in [9.17, 15) is 0 Å². The summed E-state index contributed by atoms with van der Waals surface area (Å²) in [6, 6.07) is 0. The second-order valence-electron chi connectivity index (χ2n) is 21.5. The van der Waals surface area contributed by atoms with Gasteiger partial charge in [-0.3, -0.25) is 57.5 Å². The van der Waals surface area contributed by atoms with Crippen LogP contribution in [0.2, 0.25) is 0 Å². The third kappa shape index (κ3) is 10.0. The van der Waals surface area contributed by atoms with Crippen molar-refractivity contribution in [2.75, 3.05) is 133 Å². The topological polar surface area (TPSA) is 38.0 Å². The van der Waals surface area contributed by atoms with E-state index in [0.29, 0.717) is 0 Å². The Balaban J connectivity index is 0.000000143. The molecule has 4 saturated heterocycles. The van der Waals surface area contributed by atoms with E-state index in [1.54, 1.807) is 0 Å². The molecule has 0 N–H and O–H groups in total. The van der Waals surface area contributed by atoms with Gasteiger partial charge in [0.25, 0.3) is 0 Å². The maximum absolute atomic E-state index is 2.57. The average molecular weight is 785 g/mol. The van der Waals surface area contributed by atoms with Gasteiger partial charge in [0.15, 0.2) is 0 Å². The van der Waals surface area contributed by atoms with Crippen LogP contribution < -0.4 is 0 Å². The fourth-order valence-electron chi connectivity index (χ4n) is 9.88. The van der Waals surface area contributed by atoms with Gasteiger partial charge < -0.3 is 0 Å². The summed E-state index contributed by atoms with van der Waals surface area (Å²) >= 11 is 0. The Morgan fingerprint density at radius 1 is 0.286 bits per heavy atom. The molecule has 12 heteroatoms. The fraction of sp³-hybridized carbons (Fsp3) is 0.909. The third-order valence-corrected chi connectivity index (χ3v) is 12.8. The molecule has 8 rings (SSSR count). The number of likely N-dealkylation sites (N-methyl/N-ethyl adjacent to an activating group) is 2. The van der Waals surface area contributed by atoms with Crippen molar-refractivity contribution in [3.63, 3.8) is 0 Å². The Hall–Kier alpha value is -2.92. The van der Waals surface area contributed by atoms with Crippen LogP contribution in [-0.4, -0.2) is 236 Å². The highest BCUT2D eigenvalue weighted by molar-refractivity contribution is 5.80. The molecule has 0 aromatic carbocycles. The lowest BCUT2D eigenvalue weighted by Crippen LogP contribution is -2.61. The van der Waals surface area contributed by atoms with Crippen LogP contribution in [0.15, 0.2) is 0 Å². The molecule has 0 atom stereocenters. The van der Waals surface area contributed by atoms with E-state index < -0.39 is 0 Å². The maximum atomic E-state index is 2.57. The van der Waals surface area contributed by atoms with Gasteiger partial charge in [0.05, 0.1) is 155 Å². The first-order valence-corrected chi connectivity index (χ1v) is 22.4. The van der Waals surface area contributed by atoms with E-state index in [-0.39, 0.29) is 22.2 Å². The van der Waals surface area contributed by atoms with Crippen LogP contribution in [0.5, 0.6) is 0 Å². The summed E-state index contributed by atoms with van der Waals surface area (Å²) in [5.74, 6) is 5.79. The van der Waals surface area contributed by atoms with Crippen LogP contribution >= 0.6 is 0 Å². The van der Waals surface area contributed by atoms with Crippen molar-refractivity contribution in [2.24, 2.45) is 0 Å². The smallest absolute Gasteiger partial charge is 0.267 e. The molecule has 0 aromatic rings. The quantitative estimate of drug-likeness (QED) is 0.348. The number of hydrogen-bond donors (Lipinski definition) is 0. The Kier molecular flexibility index (Phi) is 13.5. The first-order valence-electron chi connectivity index (χ1n) is 22.4. The minimum atomic E-state index is 0.250. The maximum Gasteiger partial charge on any atom is 0.351 e. The standard InChI is InChI=1S/C12H24N3.2C11H22N3.C10H20N3/c1-12(2,3)15-10-6-9-14-8-5-7-13(4)11(14)15;1-11(2,3)14-7-5-6-13-9-8-12(4)10(13)14;1-11(2,3)14-9-8-13-7-5-6-12(4)10(13)14;1-10(2,3)13-8-7-12-6-5-11(4)9(12)13/h5-10H2,1-4H3;2*5-9H2,1-4H3;5-8H2,1-4H3/q4*+1. The van der Waals surface area contributed by atoms with Crippen LogP contribution in [-0.2, 0) is 0 Å². The molecule has 0 spiro atoms. The molecule has 0 radical (unpaired) electrons. The van der Waals surface area contributed by atoms with Gasteiger partial charge in [-0.05, 0) is 83.1 Å². The zero-order chi connectivity index (χ0) is 41.4. The molecule has 56 heavy (non-hydrogen) atoms. The SMILES string of the molecule is C[N+]1=C2N(CCC1)CCN2C(C)(C)C.C[N+]1=C2N(CCCN2C(C)(C)C)CC1.C[N+]1=C2N(CCCN2C(C)(C)C)CCC1.C[N+]1=C2N(CCN2C(C)(C)C)CC1. The van der Waals surface area contributed by atoms with E-state index in [1.165, 1.54) is 154 Å². The van der Waals surface area contributed by atoms with Gasteiger partial charge in [-0.25, -0.2) is 0 Å². The summed E-state index contributed by atoms with van der Waals surface area (Å²) in [6.07, 6.45) is 5.21. The average Bonchev–Trinajstić information content (AvgIpc) is 3.90.